The summed E-state index contributed by atoms with van der Waals surface area (Å²) in [5.41, 5.74) is 0.528. The number of nitrogens with zero attached hydrogens (tertiary/aromatic N) is 1. The Hall–Kier alpha value is -1.88. The van der Waals surface area contributed by atoms with Crippen LogP contribution in [0.15, 0.2) is 24.3 Å². The number of aromatic carboxylic acids is 1. The summed E-state index contributed by atoms with van der Waals surface area (Å²) >= 11 is 0. The molecule has 0 unspecified atom stereocenters. The second-order valence-electron chi connectivity index (χ2n) is 4.53. The predicted molar refractivity (Wildman–Crippen MR) is 71.5 cm³/mol. The number of carbonyl (C=O) groups excluding carboxylic acids is 1. The van der Waals surface area contributed by atoms with Crippen LogP contribution in [0.2, 0.25) is 0 Å². The van der Waals surface area contributed by atoms with Crippen molar-refractivity contribution in [3.8, 4) is 0 Å². The van der Waals surface area contributed by atoms with E-state index in [1.165, 1.54) is 24.3 Å². The van der Waals surface area contributed by atoms with Gasteiger partial charge in [0.2, 0.25) is 0 Å². The zero-order valence-electron chi connectivity index (χ0n) is 11.3. The van der Waals surface area contributed by atoms with E-state index in [9.17, 15) is 9.59 Å². The van der Waals surface area contributed by atoms with Gasteiger partial charge in [0.25, 0.3) is 0 Å². The van der Waals surface area contributed by atoms with Crippen LogP contribution in [0.5, 0.6) is 0 Å². The van der Waals surface area contributed by atoms with Crippen molar-refractivity contribution < 1.29 is 19.4 Å². The zero-order valence-corrected chi connectivity index (χ0v) is 11.3. The molecule has 5 nitrogen and oxygen atoms in total. The summed E-state index contributed by atoms with van der Waals surface area (Å²) in [4.78, 5) is 24.4. The largest absolute Gasteiger partial charge is 0.478 e. The number of hydrogen-bond acceptors (Lipinski definition) is 4. The highest BCUT2D eigenvalue weighted by Crippen LogP contribution is 2.06. The van der Waals surface area contributed by atoms with E-state index in [0.29, 0.717) is 12.2 Å². The summed E-state index contributed by atoms with van der Waals surface area (Å²) in [5, 5.41) is 8.74. The Balaban J connectivity index is 2.35. The van der Waals surface area contributed by atoms with Gasteiger partial charge in [0.1, 0.15) is 0 Å². The van der Waals surface area contributed by atoms with Gasteiger partial charge < -0.3 is 14.7 Å². The first kappa shape index (κ1) is 15.2. The summed E-state index contributed by atoms with van der Waals surface area (Å²) in [5.74, 6) is -1.43. The van der Waals surface area contributed by atoms with Gasteiger partial charge in [-0.15, -0.1) is 0 Å². The van der Waals surface area contributed by atoms with Crippen molar-refractivity contribution >= 4 is 11.9 Å². The summed E-state index contributed by atoms with van der Waals surface area (Å²) in [6.45, 7) is 1.35. The van der Waals surface area contributed by atoms with Gasteiger partial charge in [-0.25, -0.2) is 9.59 Å². The van der Waals surface area contributed by atoms with Gasteiger partial charge in [-0.3, -0.25) is 0 Å². The van der Waals surface area contributed by atoms with Crippen LogP contribution in [0, 0.1) is 0 Å². The highest BCUT2D eigenvalue weighted by Gasteiger charge is 2.08. The number of hydrogen-bond donors (Lipinski definition) is 1. The SMILES string of the molecule is CN(C)CCCCOC(=O)c1ccc(C(=O)O)cc1. The number of carboxylic acids is 1. The lowest BCUT2D eigenvalue weighted by atomic mass is 10.1. The molecule has 1 aromatic rings. The van der Waals surface area contributed by atoms with Crippen LogP contribution in [0.3, 0.4) is 0 Å². The molecule has 1 aromatic carbocycles. The second kappa shape index (κ2) is 7.53. The molecule has 0 saturated heterocycles. The Labute approximate surface area is 112 Å². The molecule has 0 aliphatic carbocycles. The van der Waals surface area contributed by atoms with Crippen molar-refractivity contribution in [2.45, 2.75) is 12.8 Å². The quantitative estimate of drug-likeness (QED) is 0.602. The number of benzene rings is 1. The van der Waals surface area contributed by atoms with Gasteiger partial charge in [-0.05, 0) is 57.7 Å². The normalized spacial score (nSPS) is 10.5. The van der Waals surface area contributed by atoms with Crippen LogP contribution in [-0.2, 0) is 4.74 Å². The Kier molecular flexibility index (Phi) is 6.02. The molecule has 19 heavy (non-hydrogen) atoms. The Morgan fingerprint density at radius 1 is 1.11 bits per heavy atom. The molecule has 1 N–H and O–H groups in total. The van der Waals surface area contributed by atoms with Gasteiger partial charge in [0.15, 0.2) is 0 Å². The average Bonchev–Trinajstić information content (AvgIpc) is 2.37. The molecule has 0 saturated carbocycles. The monoisotopic (exact) mass is 265 g/mol. The van der Waals surface area contributed by atoms with Crippen molar-refractivity contribution in [1.29, 1.82) is 0 Å². The number of rotatable bonds is 7. The molecule has 0 spiro atoms. The maximum absolute atomic E-state index is 11.6. The first-order valence-electron chi connectivity index (χ1n) is 6.16. The van der Waals surface area contributed by atoms with Gasteiger partial charge in [-0.2, -0.15) is 0 Å². The third-order valence-corrected chi connectivity index (χ3v) is 2.60. The van der Waals surface area contributed by atoms with E-state index in [2.05, 4.69) is 4.90 Å². The number of esters is 1. The van der Waals surface area contributed by atoms with Crippen LogP contribution >= 0.6 is 0 Å². The number of carboxylic acid groups (broad SMARTS) is 1. The molecule has 0 radical (unpaired) electrons. The van der Waals surface area contributed by atoms with Gasteiger partial charge in [0.05, 0.1) is 17.7 Å². The number of unbranched alkanes of at least 4 members (excludes halogenated alkanes) is 1. The number of carbonyl (C=O) groups is 2. The fourth-order valence-electron chi connectivity index (χ4n) is 1.53. The summed E-state index contributed by atoms with van der Waals surface area (Å²) in [6.07, 6.45) is 1.79. The third kappa shape index (κ3) is 5.52. The van der Waals surface area contributed by atoms with Gasteiger partial charge in [0, 0.05) is 0 Å². The molecule has 1 rings (SSSR count). The lowest BCUT2D eigenvalue weighted by Crippen LogP contribution is -2.14. The highest BCUT2D eigenvalue weighted by atomic mass is 16.5. The molecule has 0 bridgehead atoms. The van der Waals surface area contributed by atoms with Crippen LogP contribution in [0.1, 0.15) is 33.6 Å². The van der Waals surface area contributed by atoms with Crippen molar-refractivity contribution in [2.75, 3.05) is 27.2 Å². The van der Waals surface area contributed by atoms with E-state index >= 15 is 0 Å². The van der Waals surface area contributed by atoms with E-state index < -0.39 is 11.9 Å². The first-order chi connectivity index (χ1) is 9.00. The van der Waals surface area contributed by atoms with Crippen LogP contribution in [0.4, 0.5) is 0 Å². The topological polar surface area (TPSA) is 66.8 Å². The maximum atomic E-state index is 11.6. The minimum atomic E-state index is -1.01. The fraction of sp³-hybridized carbons (Fsp3) is 0.429. The van der Waals surface area contributed by atoms with E-state index in [4.69, 9.17) is 9.84 Å². The Morgan fingerprint density at radius 2 is 1.68 bits per heavy atom. The maximum Gasteiger partial charge on any atom is 0.338 e. The zero-order chi connectivity index (χ0) is 14.3. The average molecular weight is 265 g/mol. The minimum Gasteiger partial charge on any atom is -0.478 e. The highest BCUT2D eigenvalue weighted by molar-refractivity contribution is 5.92. The number of ether oxygens (including phenoxy) is 1. The molecule has 5 heteroatoms. The van der Waals surface area contributed by atoms with Crippen molar-refractivity contribution in [1.82, 2.24) is 4.90 Å². The smallest absolute Gasteiger partial charge is 0.338 e. The Bertz CT molecular complexity index is 426. The standard InChI is InChI=1S/C14H19NO4/c1-15(2)9-3-4-10-19-14(18)12-7-5-11(6-8-12)13(16)17/h5-8H,3-4,9-10H2,1-2H3,(H,16,17). The minimum absolute atomic E-state index is 0.155. The molecule has 0 fully saturated rings. The van der Waals surface area contributed by atoms with Crippen LogP contribution < -0.4 is 0 Å². The van der Waals surface area contributed by atoms with E-state index in [1.807, 2.05) is 14.1 Å². The summed E-state index contributed by atoms with van der Waals surface area (Å²) in [6, 6.07) is 5.72. The Morgan fingerprint density at radius 3 is 2.21 bits per heavy atom. The van der Waals surface area contributed by atoms with E-state index in [1.54, 1.807) is 0 Å². The molecule has 0 aliphatic heterocycles. The predicted octanol–water partition coefficient (Wildman–Crippen LogP) is 1.88. The van der Waals surface area contributed by atoms with Crippen molar-refractivity contribution in [3.05, 3.63) is 35.4 Å². The molecule has 0 aromatic heterocycles. The van der Waals surface area contributed by atoms with E-state index in [-0.39, 0.29) is 5.56 Å². The lowest BCUT2D eigenvalue weighted by Gasteiger charge is -2.09. The summed E-state index contributed by atoms with van der Waals surface area (Å²) in [7, 11) is 3.99. The second-order valence-corrected chi connectivity index (χ2v) is 4.53. The van der Waals surface area contributed by atoms with Crippen molar-refractivity contribution in [3.63, 3.8) is 0 Å². The van der Waals surface area contributed by atoms with Gasteiger partial charge >= 0.3 is 11.9 Å². The molecule has 0 heterocycles. The molecule has 0 atom stereocenters. The molecular weight excluding hydrogens is 246 g/mol. The lowest BCUT2D eigenvalue weighted by molar-refractivity contribution is 0.0495. The molecule has 104 valence electrons. The van der Waals surface area contributed by atoms with Crippen LogP contribution in [-0.4, -0.2) is 49.2 Å². The summed E-state index contributed by atoms with van der Waals surface area (Å²) < 4.78 is 5.11. The first-order valence-corrected chi connectivity index (χ1v) is 6.16. The third-order valence-electron chi connectivity index (χ3n) is 2.60. The molecule has 0 aliphatic rings. The van der Waals surface area contributed by atoms with E-state index in [0.717, 1.165) is 19.4 Å². The fourth-order valence-corrected chi connectivity index (χ4v) is 1.53. The van der Waals surface area contributed by atoms with Crippen LogP contribution in [0.25, 0.3) is 0 Å². The van der Waals surface area contributed by atoms with Crippen molar-refractivity contribution in [2.24, 2.45) is 0 Å². The molecular formula is C14H19NO4. The van der Waals surface area contributed by atoms with Gasteiger partial charge in [-0.1, -0.05) is 0 Å². The molecule has 0 amide bonds.